The lowest BCUT2D eigenvalue weighted by Crippen LogP contribution is -2.50. The highest BCUT2D eigenvalue weighted by atomic mass is 19.4. The van der Waals surface area contributed by atoms with E-state index in [9.17, 15) is 22.8 Å². The van der Waals surface area contributed by atoms with E-state index in [1.165, 1.54) is 17.1 Å². The van der Waals surface area contributed by atoms with Gasteiger partial charge in [0.1, 0.15) is 24.3 Å². The molecule has 2 amide bonds. The van der Waals surface area contributed by atoms with Crippen molar-refractivity contribution in [3.05, 3.63) is 29.6 Å². The number of anilines is 1. The molecule has 2 atom stereocenters. The highest BCUT2D eigenvalue weighted by molar-refractivity contribution is 6.00. The molecule has 2 N–H and O–H groups in total. The highest BCUT2D eigenvalue weighted by Crippen LogP contribution is 2.51. The summed E-state index contributed by atoms with van der Waals surface area (Å²) in [6, 6.07) is -1.51. The van der Waals surface area contributed by atoms with Gasteiger partial charge in [-0.3, -0.25) is 14.3 Å². The number of nitrogens with zero attached hydrogens (tertiary/aromatic N) is 8. The quantitative estimate of drug-likeness (QED) is 0.375. The molecule has 2 aliphatic carbocycles. The first-order valence-corrected chi connectivity index (χ1v) is 12.4. The second-order valence-corrected chi connectivity index (χ2v) is 9.83. The molecule has 1 unspecified atom stereocenters. The van der Waals surface area contributed by atoms with Crippen LogP contribution in [0.2, 0.25) is 0 Å². The maximum absolute atomic E-state index is 13.5. The van der Waals surface area contributed by atoms with Gasteiger partial charge in [-0.05, 0) is 72.4 Å². The highest BCUT2D eigenvalue weighted by Gasteiger charge is 2.48. The molecule has 3 aromatic heterocycles. The number of aromatic nitrogens is 8. The minimum atomic E-state index is -4.49. The van der Waals surface area contributed by atoms with Crippen LogP contribution in [0.25, 0.3) is 0 Å². The zero-order chi connectivity index (χ0) is 27.0. The zero-order valence-corrected chi connectivity index (χ0v) is 20.7. The Morgan fingerprint density at radius 2 is 1.89 bits per heavy atom. The third-order valence-electron chi connectivity index (χ3n) is 6.92. The molecule has 2 fully saturated rings. The van der Waals surface area contributed by atoms with Crippen LogP contribution < -0.4 is 10.6 Å². The van der Waals surface area contributed by atoms with Crippen LogP contribution in [0.1, 0.15) is 67.1 Å². The van der Waals surface area contributed by atoms with Crippen molar-refractivity contribution in [3.63, 3.8) is 0 Å². The number of alkyl halides is 3. The van der Waals surface area contributed by atoms with E-state index >= 15 is 0 Å². The van der Waals surface area contributed by atoms with Crippen molar-refractivity contribution in [2.75, 3.05) is 5.32 Å². The molecule has 13 nitrogen and oxygen atoms in total. The van der Waals surface area contributed by atoms with E-state index in [1.54, 1.807) is 13.8 Å². The molecule has 0 bridgehead atoms. The van der Waals surface area contributed by atoms with E-state index in [2.05, 4.69) is 46.2 Å². The Hall–Kier alpha value is -3.85. The van der Waals surface area contributed by atoms with Crippen LogP contribution in [-0.4, -0.2) is 64.3 Å². The lowest BCUT2D eigenvalue weighted by molar-refractivity contribution is -0.143. The van der Waals surface area contributed by atoms with Crippen LogP contribution in [0.15, 0.2) is 17.0 Å². The maximum Gasteiger partial charge on any atom is 0.408 e. The predicted octanol–water partition coefficient (Wildman–Crippen LogP) is 2.30. The number of halogens is 3. The molecule has 0 spiro atoms. The minimum absolute atomic E-state index is 0.00457. The molecule has 3 aromatic rings. The molecule has 16 heteroatoms. The van der Waals surface area contributed by atoms with Crippen molar-refractivity contribution in [1.29, 1.82) is 0 Å². The largest absolute Gasteiger partial charge is 0.408 e. The summed E-state index contributed by atoms with van der Waals surface area (Å²) in [6.07, 6.45) is 2.73. The second-order valence-electron chi connectivity index (χ2n) is 9.83. The molecule has 0 radical (unpaired) electrons. The standard InChI is InChI=1S/C22H27F3N10O3/c1-3-15(19-29-32-33-35(19)10-22(23,24)25)34-9-14(8-26-34)27-21(37)18(16(12-4-5-12)13-6-7-13)28-20(36)17-11(2)30-38-31-17/h8-9,12-13,15-16,18H,3-7,10H2,1-2H3,(H,27,37)(H,28,36)/t15?,18-/m0/s1. The van der Waals surface area contributed by atoms with Gasteiger partial charge < -0.3 is 10.6 Å². The van der Waals surface area contributed by atoms with Gasteiger partial charge in [0.25, 0.3) is 5.91 Å². The lowest BCUT2D eigenvalue weighted by atomic mass is 9.88. The van der Waals surface area contributed by atoms with Crippen molar-refractivity contribution in [2.24, 2.45) is 17.8 Å². The smallest absolute Gasteiger partial charge is 0.338 e. The molecule has 0 aromatic carbocycles. The number of carbonyl (C=O) groups excluding carboxylic acids is 2. The van der Waals surface area contributed by atoms with Crippen molar-refractivity contribution in [2.45, 2.75) is 70.8 Å². The lowest BCUT2D eigenvalue weighted by Gasteiger charge is -2.27. The number of hydrogen-bond donors (Lipinski definition) is 2. The fourth-order valence-corrected chi connectivity index (χ4v) is 4.89. The predicted molar refractivity (Wildman–Crippen MR) is 122 cm³/mol. The van der Waals surface area contributed by atoms with Gasteiger partial charge in [0.2, 0.25) is 5.91 Å². The van der Waals surface area contributed by atoms with Crippen LogP contribution in [-0.2, 0) is 11.3 Å². The Morgan fingerprint density at radius 1 is 1.18 bits per heavy atom. The number of amides is 2. The molecule has 38 heavy (non-hydrogen) atoms. The molecule has 0 aliphatic heterocycles. The van der Waals surface area contributed by atoms with E-state index in [0.717, 1.165) is 25.7 Å². The third-order valence-corrected chi connectivity index (χ3v) is 6.92. The Labute approximate surface area is 214 Å². The number of hydrogen-bond acceptors (Lipinski definition) is 9. The van der Waals surface area contributed by atoms with E-state index in [1.807, 2.05) is 0 Å². The number of nitrogens with one attached hydrogen (secondary N) is 2. The van der Waals surface area contributed by atoms with Crippen LogP contribution in [0, 0.1) is 24.7 Å². The average molecular weight is 537 g/mol. The topological polar surface area (TPSA) is 159 Å². The van der Waals surface area contributed by atoms with Gasteiger partial charge in [0.15, 0.2) is 11.5 Å². The van der Waals surface area contributed by atoms with E-state index in [0.29, 0.717) is 34.3 Å². The Morgan fingerprint density at radius 3 is 2.47 bits per heavy atom. The molecular formula is C22H27F3N10O3. The van der Waals surface area contributed by atoms with Crippen molar-refractivity contribution in [3.8, 4) is 0 Å². The summed E-state index contributed by atoms with van der Waals surface area (Å²) < 4.78 is 45.6. The first-order chi connectivity index (χ1) is 18.1. The first-order valence-electron chi connectivity index (χ1n) is 12.4. The maximum atomic E-state index is 13.5. The monoisotopic (exact) mass is 536 g/mol. The van der Waals surface area contributed by atoms with Crippen molar-refractivity contribution in [1.82, 2.24) is 45.6 Å². The molecular weight excluding hydrogens is 509 g/mol. The summed E-state index contributed by atoms with van der Waals surface area (Å²) in [5.74, 6) is -0.302. The van der Waals surface area contributed by atoms with Gasteiger partial charge in [0, 0.05) is 6.20 Å². The van der Waals surface area contributed by atoms with Gasteiger partial charge in [0.05, 0.1) is 11.9 Å². The first kappa shape index (κ1) is 25.8. The van der Waals surface area contributed by atoms with E-state index < -0.39 is 36.6 Å². The fourth-order valence-electron chi connectivity index (χ4n) is 4.89. The average Bonchev–Trinajstić information content (AvgIpc) is 3.74. The Bertz CT molecular complexity index is 1280. The summed E-state index contributed by atoms with van der Waals surface area (Å²) in [7, 11) is 0. The summed E-state index contributed by atoms with van der Waals surface area (Å²) in [5.41, 5.74) is 0.659. The van der Waals surface area contributed by atoms with Gasteiger partial charge in [-0.15, -0.1) is 5.10 Å². The van der Waals surface area contributed by atoms with Crippen LogP contribution in [0.5, 0.6) is 0 Å². The number of rotatable bonds is 11. The summed E-state index contributed by atoms with van der Waals surface area (Å²) in [6.45, 7) is 2.02. The van der Waals surface area contributed by atoms with Crippen LogP contribution in [0.4, 0.5) is 18.9 Å². The van der Waals surface area contributed by atoms with Crippen LogP contribution in [0.3, 0.4) is 0 Å². The van der Waals surface area contributed by atoms with Crippen LogP contribution >= 0.6 is 0 Å². The summed E-state index contributed by atoms with van der Waals surface area (Å²) in [5, 5.41) is 27.8. The Balaban J connectivity index is 1.34. The van der Waals surface area contributed by atoms with E-state index in [-0.39, 0.29) is 17.4 Å². The molecule has 3 heterocycles. The number of carbonyl (C=O) groups is 2. The Kier molecular flexibility index (Phi) is 6.88. The third kappa shape index (κ3) is 5.67. The minimum Gasteiger partial charge on any atom is -0.338 e. The van der Waals surface area contributed by atoms with Gasteiger partial charge in [-0.25, -0.2) is 9.31 Å². The second kappa shape index (κ2) is 10.1. The molecule has 5 rings (SSSR count). The van der Waals surface area contributed by atoms with E-state index in [4.69, 9.17) is 0 Å². The molecule has 2 aliphatic rings. The number of tetrazole rings is 1. The SMILES string of the molecule is CCC(c1nnnn1CC(F)(F)F)n1cc(NC(=O)[C@@H](NC(=O)c2nonc2C)C(C2CC2)C2CC2)cn1. The normalized spacial score (nSPS) is 17.4. The summed E-state index contributed by atoms with van der Waals surface area (Å²) >= 11 is 0. The summed E-state index contributed by atoms with van der Waals surface area (Å²) in [4.78, 5) is 26.4. The zero-order valence-electron chi connectivity index (χ0n) is 20.7. The fraction of sp³-hybridized carbons (Fsp3) is 0.636. The van der Waals surface area contributed by atoms with Gasteiger partial charge in [-0.2, -0.15) is 18.3 Å². The van der Waals surface area contributed by atoms with Crippen molar-refractivity contribution >= 4 is 17.5 Å². The molecule has 0 saturated heterocycles. The van der Waals surface area contributed by atoms with Crippen molar-refractivity contribution < 1.29 is 27.4 Å². The van der Waals surface area contributed by atoms with Gasteiger partial charge >= 0.3 is 6.18 Å². The molecule has 2 saturated carbocycles. The molecule has 204 valence electrons. The number of aryl methyl sites for hydroxylation is 1. The van der Waals surface area contributed by atoms with Gasteiger partial charge in [-0.1, -0.05) is 12.1 Å².